The standard InChI is InChI=1S/C21H16F2N4O/c1-28-15-7-5-13(6-8-15)14-11-16(20(24)26-12-14)21-25-9-10-27(21)18-4-2-3-17(22)19(18)23/h2-12H,1H3,(H2,24,26). The molecule has 0 aliphatic heterocycles. The first-order valence-electron chi connectivity index (χ1n) is 8.46. The van der Waals surface area contributed by atoms with Crippen LogP contribution in [-0.4, -0.2) is 21.6 Å². The normalized spacial score (nSPS) is 10.8. The van der Waals surface area contributed by atoms with E-state index in [0.29, 0.717) is 11.4 Å². The Balaban J connectivity index is 1.82. The highest BCUT2D eigenvalue weighted by atomic mass is 19.2. The molecule has 0 spiro atoms. The molecule has 0 atom stereocenters. The van der Waals surface area contributed by atoms with Crippen molar-refractivity contribution < 1.29 is 13.5 Å². The first-order valence-corrected chi connectivity index (χ1v) is 8.46. The molecule has 4 aromatic rings. The molecule has 2 aromatic carbocycles. The van der Waals surface area contributed by atoms with Gasteiger partial charge in [0, 0.05) is 24.2 Å². The van der Waals surface area contributed by atoms with Crippen LogP contribution in [0.2, 0.25) is 0 Å². The Morgan fingerprint density at radius 3 is 2.54 bits per heavy atom. The van der Waals surface area contributed by atoms with E-state index in [4.69, 9.17) is 10.5 Å². The van der Waals surface area contributed by atoms with Crippen molar-refractivity contribution in [1.29, 1.82) is 0 Å². The Bertz CT molecular complexity index is 1140. The van der Waals surface area contributed by atoms with E-state index in [9.17, 15) is 8.78 Å². The Morgan fingerprint density at radius 2 is 1.79 bits per heavy atom. The number of ether oxygens (including phenoxy) is 1. The van der Waals surface area contributed by atoms with E-state index < -0.39 is 11.6 Å². The van der Waals surface area contributed by atoms with E-state index >= 15 is 0 Å². The summed E-state index contributed by atoms with van der Waals surface area (Å²) in [7, 11) is 1.60. The summed E-state index contributed by atoms with van der Waals surface area (Å²) in [6, 6.07) is 13.3. The fraction of sp³-hybridized carbons (Fsp3) is 0.0476. The molecule has 2 N–H and O–H groups in total. The summed E-state index contributed by atoms with van der Waals surface area (Å²) in [6.07, 6.45) is 4.70. The molecule has 2 aromatic heterocycles. The zero-order valence-electron chi connectivity index (χ0n) is 14.9. The number of nitrogens with zero attached hydrogens (tertiary/aromatic N) is 3. The fourth-order valence-corrected chi connectivity index (χ4v) is 2.97. The van der Waals surface area contributed by atoms with Gasteiger partial charge in [0.1, 0.15) is 17.4 Å². The number of hydrogen-bond acceptors (Lipinski definition) is 4. The maximum absolute atomic E-state index is 14.3. The van der Waals surface area contributed by atoms with E-state index in [1.807, 2.05) is 30.3 Å². The molecule has 140 valence electrons. The minimum Gasteiger partial charge on any atom is -0.497 e. The number of benzene rings is 2. The Kier molecular flexibility index (Phi) is 4.49. The lowest BCUT2D eigenvalue weighted by Crippen LogP contribution is -2.04. The van der Waals surface area contributed by atoms with Gasteiger partial charge in [0.25, 0.3) is 0 Å². The maximum Gasteiger partial charge on any atom is 0.182 e. The largest absolute Gasteiger partial charge is 0.497 e. The Labute approximate surface area is 160 Å². The van der Waals surface area contributed by atoms with Crippen molar-refractivity contribution in [2.75, 3.05) is 12.8 Å². The van der Waals surface area contributed by atoms with Crippen LogP contribution in [-0.2, 0) is 0 Å². The highest BCUT2D eigenvalue weighted by Gasteiger charge is 2.17. The molecule has 0 saturated heterocycles. The summed E-state index contributed by atoms with van der Waals surface area (Å²) < 4.78 is 34.6. The lowest BCUT2D eigenvalue weighted by Gasteiger charge is -2.12. The van der Waals surface area contributed by atoms with Gasteiger partial charge >= 0.3 is 0 Å². The molecule has 0 bridgehead atoms. The molecule has 7 heteroatoms. The minimum absolute atomic E-state index is 0.0433. The van der Waals surface area contributed by atoms with Gasteiger partial charge in [-0.25, -0.2) is 18.7 Å². The third-order valence-electron chi connectivity index (χ3n) is 4.41. The van der Waals surface area contributed by atoms with E-state index in [0.717, 1.165) is 22.9 Å². The van der Waals surface area contributed by atoms with Crippen LogP contribution >= 0.6 is 0 Å². The predicted octanol–water partition coefficient (Wildman–Crippen LogP) is 4.47. The Hall–Kier alpha value is -3.74. The summed E-state index contributed by atoms with van der Waals surface area (Å²) in [5.41, 5.74) is 8.34. The number of methoxy groups -OCH3 is 1. The molecule has 4 rings (SSSR count). The summed E-state index contributed by atoms with van der Waals surface area (Å²) in [5.74, 6) is -0.550. The highest BCUT2D eigenvalue weighted by molar-refractivity contribution is 5.77. The van der Waals surface area contributed by atoms with E-state index in [1.54, 1.807) is 19.5 Å². The molecule has 0 unspecified atom stereocenters. The fourth-order valence-electron chi connectivity index (χ4n) is 2.97. The maximum atomic E-state index is 14.3. The highest BCUT2D eigenvalue weighted by Crippen LogP contribution is 2.31. The van der Waals surface area contributed by atoms with Crippen LogP contribution < -0.4 is 10.5 Å². The first kappa shape index (κ1) is 17.7. The molecule has 0 fully saturated rings. The van der Waals surface area contributed by atoms with Gasteiger partial charge < -0.3 is 10.5 Å². The van der Waals surface area contributed by atoms with Crippen LogP contribution in [0.1, 0.15) is 0 Å². The first-order chi connectivity index (χ1) is 13.6. The second kappa shape index (κ2) is 7.11. The molecule has 0 amide bonds. The predicted molar refractivity (Wildman–Crippen MR) is 103 cm³/mol. The zero-order valence-corrected chi connectivity index (χ0v) is 14.9. The SMILES string of the molecule is COc1ccc(-c2cnc(N)c(-c3nccn3-c3cccc(F)c3F)c2)cc1. The van der Waals surface area contributed by atoms with Gasteiger partial charge in [-0.1, -0.05) is 18.2 Å². The zero-order chi connectivity index (χ0) is 19.7. The van der Waals surface area contributed by atoms with Gasteiger partial charge in [0.2, 0.25) is 0 Å². The average molecular weight is 378 g/mol. The van der Waals surface area contributed by atoms with Crippen LogP contribution in [0.5, 0.6) is 5.75 Å². The number of rotatable bonds is 4. The van der Waals surface area contributed by atoms with Gasteiger partial charge in [-0.3, -0.25) is 4.57 Å². The third kappa shape index (κ3) is 3.07. The van der Waals surface area contributed by atoms with E-state index in [1.165, 1.54) is 22.9 Å². The molecule has 0 aliphatic carbocycles. The van der Waals surface area contributed by atoms with Crippen molar-refractivity contribution >= 4 is 5.82 Å². The van der Waals surface area contributed by atoms with Crippen molar-refractivity contribution in [1.82, 2.24) is 14.5 Å². The summed E-state index contributed by atoms with van der Waals surface area (Å²) in [5, 5.41) is 0. The van der Waals surface area contributed by atoms with Gasteiger partial charge in [0.15, 0.2) is 11.6 Å². The topological polar surface area (TPSA) is 66.0 Å². The van der Waals surface area contributed by atoms with Crippen LogP contribution in [0.4, 0.5) is 14.6 Å². The van der Waals surface area contributed by atoms with Gasteiger partial charge in [-0.2, -0.15) is 0 Å². The van der Waals surface area contributed by atoms with Crippen LogP contribution in [0.25, 0.3) is 28.2 Å². The van der Waals surface area contributed by atoms with Crippen LogP contribution in [0.15, 0.2) is 67.1 Å². The number of hydrogen-bond donors (Lipinski definition) is 1. The smallest absolute Gasteiger partial charge is 0.182 e. The molecule has 0 saturated carbocycles. The van der Waals surface area contributed by atoms with Crippen molar-refractivity contribution in [3.05, 3.63) is 78.8 Å². The third-order valence-corrected chi connectivity index (χ3v) is 4.41. The molecular weight excluding hydrogens is 362 g/mol. The lowest BCUT2D eigenvalue weighted by atomic mass is 10.0. The second-order valence-corrected chi connectivity index (χ2v) is 6.08. The van der Waals surface area contributed by atoms with E-state index in [-0.39, 0.29) is 11.5 Å². The van der Waals surface area contributed by atoms with Crippen LogP contribution in [0.3, 0.4) is 0 Å². The number of anilines is 1. The number of halogens is 2. The molecule has 0 radical (unpaired) electrons. The van der Waals surface area contributed by atoms with Crippen LogP contribution in [0, 0.1) is 11.6 Å². The Morgan fingerprint density at radius 1 is 1.00 bits per heavy atom. The number of nitrogen functional groups attached to an aromatic ring is 1. The molecular formula is C21H16F2N4O. The van der Waals surface area contributed by atoms with Gasteiger partial charge in [-0.05, 0) is 35.9 Å². The minimum atomic E-state index is -0.959. The lowest BCUT2D eigenvalue weighted by molar-refractivity contribution is 0.415. The quantitative estimate of drug-likeness (QED) is 0.569. The van der Waals surface area contributed by atoms with Gasteiger partial charge in [-0.15, -0.1) is 0 Å². The van der Waals surface area contributed by atoms with Crippen molar-refractivity contribution in [3.8, 4) is 34.0 Å². The molecule has 28 heavy (non-hydrogen) atoms. The van der Waals surface area contributed by atoms with Crippen molar-refractivity contribution in [3.63, 3.8) is 0 Å². The number of aromatic nitrogens is 3. The average Bonchev–Trinajstić information content (AvgIpc) is 3.20. The second-order valence-electron chi connectivity index (χ2n) is 6.08. The number of nitrogens with two attached hydrogens (primary N) is 1. The van der Waals surface area contributed by atoms with E-state index in [2.05, 4.69) is 9.97 Å². The van der Waals surface area contributed by atoms with Crippen molar-refractivity contribution in [2.24, 2.45) is 0 Å². The monoisotopic (exact) mass is 378 g/mol. The van der Waals surface area contributed by atoms with Crippen molar-refractivity contribution in [2.45, 2.75) is 0 Å². The molecule has 5 nitrogen and oxygen atoms in total. The summed E-state index contributed by atoms with van der Waals surface area (Å²) in [6.45, 7) is 0. The molecule has 2 heterocycles. The summed E-state index contributed by atoms with van der Waals surface area (Å²) in [4.78, 5) is 8.54. The number of imidazole rings is 1. The summed E-state index contributed by atoms with van der Waals surface area (Å²) >= 11 is 0. The molecule has 0 aliphatic rings. The number of pyridine rings is 1. The van der Waals surface area contributed by atoms with Gasteiger partial charge in [0.05, 0.1) is 18.4 Å².